The molecule has 3 nitrogen and oxygen atoms in total. The van der Waals surface area contributed by atoms with Gasteiger partial charge in [-0.25, -0.2) is 0 Å². The Morgan fingerprint density at radius 3 is 2.29 bits per heavy atom. The second-order valence-corrected chi connectivity index (χ2v) is 8.13. The number of benzene rings is 2. The highest BCUT2D eigenvalue weighted by atomic mass is 35.5. The minimum Gasteiger partial charge on any atom is -0.390 e. The summed E-state index contributed by atoms with van der Waals surface area (Å²) >= 11 is 14.1. The molecule has 0 aromatic heterocycles. The highest BCUT2D eigenvalue weighted by Crippen LogP contribution is 2.51. The fourth-order valence-electron chi connectivity index (χ4n) is 3.46. The fraction of sp³-hybridized carbons (Fsp3) is 0.333. The van der Waals surface area contributed by atoms with Gasteiger partial charge in [-0.1, -0.05) is 35.0 Å². The molecule has 0 unspecified atom stereocenters. The summed E-state index contributed by atoms with van der Waals surface area (Å²) < 4.78 is 0. The lowest BCUT2D eigenvalue weighted by atomic mass is 10.0. The van der Waals surface area contributed by atoms with Crippen molar-refractivity contribution in [2.75, 3.05) is 18.0 Å². The Kier molecular flexibility index (Phi) is 4.67. The van der Waals surface area contributed by atoms with Crippen LogP contribution >= 0.6 is 35.0 Å². The number of anilines is 2. The first-order valence-corrected chi connectivity index (χ1v) is 9.66. The van der Waals surface area contributed by atoms with Crippen molar-refractivity contribution in [3.8, 4) is 0 Å². The van der Waals surface area contributed by atoms with E-state index in [4.69, 9.17) is 23.2 Å². The predicted octanol–water partition coefficient (Wildman–Crippen LogP) is 4.71. The number of rotatable bonds is 1. The van der Waals surface area contributed by atoms with Crippen LogP contribution in [-0.2, 0) is 0 Å². The van der Waals surface area contributed by atoms with E-state index in [-0.39, 0.29) is 6.04 Å². The molecule has 0 spiro atoms. The molecule has 4 rings (SSSR count). The molecule has 0 bridgehead atoms. The van der Waals surface area contributed by atoms with Gasteiger partial charge in [-0.2, -0.15) is 0 Å². The second kappa shape index (κ2) is 6.77. The molecule has 2 N–H and O–H groups in total. The SMILES string of the molecule is O[C@@H]1CNCCC[C@H]1N1c2ccc(Cl)cc2Sc2cc(Cl)ccc21. The van der Waals surface area contributed by atoms with Gasteiger partial charge in [0.05, 0.1) is 23.5 Å². The van der Waals surface area contributed by atoms with Gasteiger partial charge < -0.3 is 15.3 Å². The highest BCUT2D eigenvalue weighted by molar-refractivity contribution is 7.99. The number of nitrogens with zero attached hydrogens (tertiary/aromatic N) is 1. The van der Waals surface area contributed by atoms with Crippen LogP contribution in [0.3, 0.4) is 0 Å². The summed E-state index contributed by atoms with van der Waals surface area (Å²) in [7, 11) is 0. The van der Waals surface area contributed by atoms with Gasteiger partial charge in [-0.15, -0.1) is 0 Å². The van der Waals surface area contributed by atoms with Crippen LogP contribution < -0.4 is 10.2 Å². The minimum atomic E-state index is -0.428. The largest absolute Gasteiger partial charge is 0.390 e. The highest BCUT2D eigenvalue weighted by Gasteiger charge is 2.34. The zero-order chi connectivity index (χ0) is 16.7. The van der Waals surface area contributed by atoms with Gasteiger partial charge in [0.25, 0.3) is 0 Å². The molecule has 6 heteroatoms. The first-order chi connectivity index (χ1) is 11.6. The molecule has 2 atom stereocenters. The van der Waals surface area contributed by atoms with Crippen molar-refractivity contribution in [2.45, 2.75) is 34.8 Å². The fourth-order valence-corrected chi connectivity index (χ4v) is 5.08. The Morgan fingerprint density at radius 1 is 1.04 bits per heavy atom. The number of hydrogen-bond acceptors (Lipinski definition) is 4. The first-order valence-electron chi connectivity index (χ1n) is 8.08. The van der Waals surface area contributed by atoms with Gasteiger partial charge in [0, 0.05) is 26.4 Å². The van der Waals surface area contributed by atoms with E-state index < -0.39 is 6.10 Å². The Hall–Kier alpha value is -0.910. The maximum atomic E-state index is 10.7. The summed E-state index contributed by atoms with van der Waals surface area (Å²) in [6, 6.07) is 11.9. The van der Waals surface area contributed by atoms with Crippen LogP contribution in [0.1, 0.15) is 12.8 Å². The predicted molar refractivity (Wildman–Crippen MR) is 101 cm³/mol. The Bertz CT molecular complexity index is 719. The van der Waals surface area contributed by atoms with Gasteiger partial charge >= 0.3 is 0 Å². The van der Waals surface area contributed by atoms with Crippen LogP contribution in [0.15, 0.2) is 46.2 Å². The number of hydrogen-bond donors (Lipinski definition) is 2. The molecule has 1 saturated heterocycles. The van der Waals surface area contributed by atoms with Crippen LogP contribution in [0.25, 0.3) is 0 Å². The molecular weight excluding hydrogens is 363 g/mol. The van der Waals surface area contributed by atoms with Crippen molar-refractivity contribution in [1.29, 1.82) is 0 Å². The van der Waals surface area contributed by atoms with Gasteiger partial charge in [0.1, 0.15) is 0 Å². The lowest BCUT2D eigenvalue weighted by molar-refractivity contribution is 0.147. The van der Waals surface area contributed by atoms with Gasteiger partial charge in [-0.3, -0.25) is 0 Å². The molecule has 2 aliphatic heterocycles. The van der Waals surface area contributed by atoms with Crippen molar-refractivity contribution in [3.05, 3.63) is 46.4 Å². The molecule has 126 valence electrons. The standard InChI is InChI=1S/C18H18Cl2N2OS/c19-11-3-5-14-17(8-11)24-18-9-12(20)4-6-15(18)22(14)13-2-1-7-21-10-16(13)23/h3-6,8-9,13,16,21,23H,1-2,7,10H2/t13-,16-/m1/s1. The second-order valence-electron chi connectivity index (χ2n) is 6.18. The van der Waals surface area contributed by atoms with Gasteiger partial charge in [-0.05, 0) is 55.8 Å². The average Bonchev–Trinajstić information content (AvgIpc) is 2.77. The number of β-amino-alcohol motifs (C(OH)–C–C–N with tert-alkyl or cyclic N) is 1. The normalized spacial score (nSPS) is 23.4. The smallest absolute Gasteiger partial charge is 0.0871 e. The summed E-state index contributed by atoms with van der Waals surface area (Å²) in [5.74, 6) is 0. The summed E-state index contributed by atoms with van der Waals surface area (Å²) in [5, 5.41) is 15.4. The van der Waals surface area contributed by atoms with Crippen molar-refractivity contribution in [3.63, 3.8) is 0 Å². The maximum absolute atomic E-state index is 10.7. The van der Waals surface area contributed by atoms with Crippen LogP contribution in [0.5, 0.6) is 0 Å². The molecule has 2 heterocycles. The molecular formula is C18H18Cl2N2OS. The molecule has 2 aromatic rings. The molecule has 0 radical (unpaired) electrons. The van der Waals surface area contributed by atoms with E-state index in [1.165, 1.54) is 0 Å². The Morgan fingerprint density at radius 2 is 1.67 bits per heavy atom. The third-order valence-corrected chi connectivity index (χ3v) is 6.13. The van der Waals surface area contributed by atoms with E-state index in [2.05, 4.69) is 10.2 Å². The molecule has 0 saturated carbocycles. The van der Waals surface area contributed by atoms with Gasteiger partial charge in [0.2, 0.25) is 0 Å². The molecule has 2 aliphatic rings. The number of halogens is 2. The van der Waals surface area contributed by atoms with Crippen molar-refractivity contribution >= 4 is 46.3 Å². The molecule has 24 heavy (non-hydrogen) atoms. The average molecular weight is 381 g/mol. The minimum absolute atomic E-state index is 0.0285. The zero-order valence-electron chi connectivity index (χ0n) is 13.0. The first kappa shape index (κ1) is 16.6. The topological polar surface area (TPSA) is 35.5 Å². The third-order valence-electron chi connectivity index (χ3n) is 4.57. The molecule has 1 fully saturated rings. The third kappa shape index (κ3) is 3.02. The number of nitrogens with one attached hydrogen (secondary N) is 1. The van der Waals surface area contributed by atoms with Crippen molar-refractivity contribution < 1.29 is 5.11 Å². The number of aliphatic hydroxyl groups excluding tert-OH is 1. The van der Waals surface area contributed by atoms with Gasteiger partial charge in [0.15, 0.2) is 0 Å². The molecule has 2 aromatic carbocycles. The van der Waals surface area contributed by atoms with Crippen LogP contribution in [0.4, 0.5) is 11.4 Å². The van der Waals surface area contributed by atoms with E-state index in [0.29, 0.717) is 6.54 Å². The van der Waals surface area contributed by atoms with Crippen molar-refractivity contribution in [2.24, 2.45) is 0 Å². The number of fused-ring (bicyclic) bond motifs is 2. The van der Waals surface area contributed by atoms with E-state index in [1.54, 1.807) is 11.8 Å². The van der Waals surface area contributed by atoms with E-state index in [0.717, 1.165) is 50.6 Å². The quantitative estimate of drug-likeness (QED) is 0.750. The summed E-state index contributed by atoms with van der Waals surface area (Å²) in [6.07, 6.45) is 1.54. The van der Waals surface area contributed by atoms with E-state index in [1.807, 2.05) is 36.4 Å². The summed E-state index contributed by atoms with van der Waals surface area (Å²) in [4.78, 5) is 4.47. The van der Waals surface area contributed by atoms with Crippen LogP contribution in [0.2, 0.25) is 10.0 Å². The van der Waals surface area contributed by atoms with E-state index in [9.17, 15) is 5.11 Å². The maximum Gasteiger partial charge on any atom is 0.0871 e. The van der Waals surface area contributed by atoms with Crippen molar-refractivity contribution in [1.82, 2.24) is 5.32 Å². The summed E-state index contributed by atoms with van der Waals surface area (Å²) in [5.41, 5.74) is 2.20. The monoisotopic (exact) mass is 380 g/mol. The lowest BCUT2D eigenvalue weighted by Gasteiger charge is -2.40. The summed E-state index contributed by atoms with van der Waals surface area (Å²) in [6.45, 7) is 1.55. The van der Waals surface area contributed by atoms with Crippen LogP contribution in [-0.4, -0.2) is 30.3 Å². The number of aliphatic hydroxyl groups is 1. The zero-order valence-corrected chi connectivity index (χ0v) is 15.3. The molecule has 0 aliphatic carbocycles. The van der Waals surface area contributed by atoms with Crippen LogP contribution in [0, 0.1) is 0 Å². The van der Waals surface area contributed by atoms with E-state index >= 15 is 0 Å². The lowest BCUT2D eigenvalue weighted by Crippen LogP contribution is -2.44. The molecule has 0 amide bonds. The Balaban J connectivity index is 1.85. The Labute approximate surface area is 156 Å².